The quantitative estimate of drug-likeness (QED) is 0.623. The summed E-state index contributed by atoms with van der Waals surface area (Å²) in [7, 11) is 0. The molecule has 0 radical (unpaired) electrons. The van der Waals surface area contributed by atoms with E-state index in [0.717, 1.165) is 25.9 Å². The van der Waals surface area contributed by atoms with Gasteiger partial charge in [0.2, 0.25) is 0 Å². The number of nitrogens with two attached hydrogens (primary N) is 1. The molecular formula is C8H17FN2. The molecular weight excluding hydrogens is 143 g/mol. The second-order valence-electron chi connectivity index (χ2n) is 3.66. The molecule has 1 aliphatic rings. The molecule has 0 saturated carbocycles. The van der Waals surface area contributed by atoms with Crippen molar-refractivity contribution in [3.63, 3.8) is 0 Å². The molecule has 1 unspecified atom stereocenters. The van der Waals surface area contributed by atoms with Crippen molar-refractivity contribution >= 4 is 0 Å². The van der Waals surface area contributed by atoms with Crippen molar-refractivity contribution < 1.29 is 4.39 Å². The van der Waals surface area contributed by atoms with Gasteiger partial charge in [0, 0.05) is 6.04 Å². The van der Waals surface area contributed by atoms with Gasteiger partial charge in [-0.3, -0.25) is 0 Å². The van der Waals surface area contributed by atoms with E-state index in [9.17, 15) is 4.39 Å². The molecule has 0 bridgehead atoms. The molecule has 1 fully saturated rings. The predicted molar refractivity (Wildman–Crippen MR) is 44.2 cm³/mol. The normalized spacial score (nSPS) is 26.5. The van der Waals surface area contributed by atoms with Crippen LogP contribution >= 0.6 is 0 Å². The minimum absolute atomic E-state index is 0.0278. The second kappa shape index (κ2) is 3.50. The van der Waals surface area contributed by atoms with E-state index in [4.69, 9.17) is 5.73 Å². The average Bonchev–Trinajstić information content (AvgIpc) is 2.04. The van der Waals surface area contributed by atoms with Crippen LogP contribution in [0.25, 0.3) is 0 Å². The third kappa shape index (κ3) is 1.91. The summed E-state index contributed by atoms with van der Waals surface area (Å²) in [6.07, 6.45) is 2.00. The van der Waals surface area contributed by atoms with Gasteiger partial charge < -0.3 is 11.1 Å². The first-order valence-electron chi connectivity index (χ1n) is 4.21. The number of hydrogen-bond acceptors (Lipinski definition) is 2. The van der Waals surface area contributed by atoms with Gasteiger partial charge in [-0.1, -0.05) is 6.92 Å². The Labute approximate surface area is 67.3 Å². The Balaban J connectivity index is 2.49. The summed E-state index contributed by atoms with van der Waals surface area (Å²) in [5.41, 5.74) is 5.71. The maximum absolute atomic E-state index is 12.3. The summed E-state index contributed by atoms with van der Waals surface area (Å²) in [6, 6.07) is -0.274. The summed E-state index contributed by atoms with van der Waals surface area (Å²) in [5.74, 6) is 0. The minimum atomic E-state index is -0.392. The van der Waals surface area contributed by atoms with Crippen LogP contribution in [0.2, 0.25) is 0 Å². The zero-order chi connectivity index (χ0) is 8.32. The van der Waals surface area contributed by atoms with Gasteiger partial charge >= 0.3 is 0 Å². The van der Waals surface area contributed by atoms with Crippen LogP contribution in [0.15, 0.2) is 0 Å². The number of hydrogen-bond donors (Lipinski definition) is 2. The Hall–Kier alpha value is -0.150. The Bertz CT molecular complexity index is 121. The highest BCUT2D eigenvalue weighted by molar-refractivity contribution is 4.88. The molecule has 11 heavy (non-hydrogen) atoms. The van der Waals surface area contributed by atoms with Crippen LogP contribution in [0.4, 0.5) is 4.39 Å². The Morgan fingerprint density at radius 1 is 1.55 bits per heavy atom. The van der Waals surface area contributed by atoms with E-state index in [-0.39, 0.29) is 11.5 Å². The van der Waals surface area contributed by atoms with Crippen LogP contribution in [-0.4, -0.2) is 25.8 Å². The Kier molecular flexibility index (Phi) is 2.84. The highest BCUT2D eigenvalue weighted by Gasteiger charge is 2.32. The summed E-state index contributed by atoms with van der Waals surface area (Å²) < 4.78 is 12.3. The lowest BCUT2D eigenvalue weighted by Gasteiger charge is -2.37. The largest absolute Gasteiger partial charge is 0.325 e. The van der Waals surface area contributed by atoms with Crippen molar-refractivity contribution in [2.24, 2.45) is 11.1 Å². The summed E-state index contributed by atoms with van der Waals surface area (Å²) in [4.78, 5) is 0. The van der Waals surface area contributed by atoms with Crippen LogP contribution in [0.3, 0.4) is 0 Å². The zero-order valence-corrected chi connectivity index (χ0v) is 7.07. The van der Waals surface area contributed by atoms with Crippen molar-refractivity contribution in [1.82, 2.24) is 5.32 Å². The number of alkyl halides is 1. The van der Waals surface area contributed by atoms with Crippen LogP contribution in [0.5, 0.6) is 0 Å². The topological polar surface area (TPSA) is 38.0 Å². The monoisotopic (exact) mass is 160 g/mol. The van der Waals surface area contributed by atoms with Crippen LogP contribution in [0.1, 0.15) is 19.8 Å². The van der Waals surface area contributed by atoms with Crippen LogP contribution in [-0.2, 0) is 0 Å². The van der Waals surface area contributed by atoms with Crippen LogP contribution < -0.4 is 11.1 Å². The molecule has 0 amide bonds. The van der Waals surface area contributed by atoms with Gasteiger partial charge in [0.25, 0.3) is 0 Å². The third-order valence-electron chi connectivity index (χ3n) is 2.81. The second-order valence-corrected chi connectivity index (χ2v) is 3.66. The predicted octanol–water partition coefficient (Wildman–Crippen LogP) is 0.673. The number of piperidine rings is 1. The van der Waals surface area contributed by atoms with E-state index in [1.165, 1.54) is 0 Å². The first kappa shape index (κ1) is 8.94. The lowest BCUT2D eigenvalue weighted by molar-refractivity contribution is 0.158. The lowest BCUT2D eigenvalue weighted by atomic mass is 9.75. The fraction of sp³-hybridized carbons (Fsp3) is 1.00. The molecule has 0 aromatic rings. The molecule has 0 aromatic carbocycles. The number of halogens is 1. The maximum Gasteiger partial charge on any atom is 0.105 e. The average molecular weight is 160 g/mol. The van der Waals surface area contributed by atoms with E-state index in [1.807, 2.05) is 0 Å². The molecule has 1 heterocycles. The van der Waals surface area contributed by atoms with E-state index in [0.29, 0.717) is 0 Å². The molecule has 1 atom stereocenters. The summed E-state index contributed by atoms with van der Waals surface area (Å²) in [5, 5.41) is 3.24. The number of rotatable bonds is 2. The fourth-order valence-electron chi connectivity index (χ4n) is 1.55. The smallest absolute Gasteiger partial charge is 0.105 e. The zero-order valence-electron chi connectivity index (χ0n) is 7.07. The Morgan fingerprint density at radius 2 is 2.09 bits per heavy atom. The van der Waals surface area contributed by atoms with Gasteiger partial charge in [-0.15, -0.1) is 0 Å². The highest BCUT2D eigenvalue weighted by Crippen LogP contribution is 2.30. The van der Waals surface area contributed by atoms with E-state index < -0.39 is 6.67 Å². The maximum atomic E-state index is 12.3. The van der Waals surface area contributed by atoms with Crippen molar-refractivity contribution in [2.75, 3.05) is 19.8 Å². The van der Waals surface area contributed by atoms with E-state index in [1.54, 1.807) is 0 Å². The molecule has 1 aliphatic heterocycles. The van der Waals surface area contributed by atoms with Gasteiger partial charge in [-0.2, -0.15) is 0 Å². The van der Waals surface area contributed by atoms with Gasteiger partial charge in [0.15, 0.2) is 0 Å². The fourth-order valence-corrected chi connectivity index (χ4v) is 1.55. The van der Waals surface area contributed by atoms with Gasteiger partial charge in [-0.25, -0.2) is 4.39 Å². The highest BCUT2D eigenvalue weighted by atomic mass is 19.1. The molecule has 0 aliphatic carbocycles. The summed E-state index contributed by atoms with van der Waals surface area (Å²) >= 11 is 0. The molecule has 66 valence electrons. The molecule has 1 rings (SSSR count). The van der Waals surface area contributed by atoms with Gasteiger partial charge in [-0.05, 0) is 31.3 Å². The SMILES string of the molecule is CC1(C(N)CF)CCNCC1. The van der Waals surface area contributed by atoms with Gasteiger partial charge in [0.05, 0.1) is 0 Å². The molecule has 0 spiro atoms. The lowest BCUT2D eigenvalue weighted by Crippen LogP contribution is -2.47. The molecule has 2 nitrogen and oxygen atoms in total. The van der Waals surface area contributed by atoms with E-state index in [2.05, 4.69) is 12.2 Å². The molecule has 0 aromatic heterocycles. The third-order valence-corrected chi connectivity index (χ3v) is 2.81. The standard InChI is InChI=1S/C8H17FN2/c1-8(7(10)6-9)2-4-11-5-3-8/h7,11H,2-6,10H2,1H3. The first-order valence-corrected chi connectivity index (χ1v) is 4.21. The molecule has 3 heteroatoms. The summed E-state index contributed by atoms with van der Waals surface area (Å²) in [6.45, 7) is 3.64. The van der Waals surface area contributed by atoms with Crippen LogP contribution in [0, 0.1) is 5.41 Å². The van der Waals surface area contributed by atoms with E-state index >= 15 is 0 Å². The van der Waals surface area contributed by atoms with Crippen molar-refractivity contribution in [2.45, 2.75) is 25.8 Å². The Morgan fingerprint density at radius 3 is 2.55 bits per heavy atom. The number of nitrogens with one attached hydrogen (secondary N) is 1. The van der Waals surface area contributed by atoms with Crippen molar-refractivity contribution in [3.8, 4) is 0 Å². The van der Waals surface area contributed by atoms with Gasteiger partial charge in [0.1, 0.15) is 6.67 Å². The first-order chi connectivity index (χ1) is 5.19. The van der Waals surface area contributed by atoms with Crippen molar-refractivity contribution in [3.05, 3.63) is 0 Å². The minimum Gasteiger partial charge on any atom is -0.325 e. The molecule has 1 saturated heterocycles. The van der Waals surface area contributed by atoms with Crippen molar-refractivity contribution in [1.29, 1.82) is 0 Å². The molecule has 3 N–H and O–H groups in total.